The largest absolute Gasteiger partial charge is 0.397 e. The van der Waals surface area contributed by atoms with Gasteiger partial charge in [-0.25, -0.2) is 4.63 Å². The fraction of sp³-hybridized carbons (Fsp3) is 0.625. The number of nitrogens with zero attached hydrogens (tertiary/aromatic N) is 3. The first kappa shape index (κ1) is 14.2. The van der Waals surface area contributed by atoms with Gasteiger partial charge in [0.1, 0.15) is 0 Å². The molecule has 0 bridgehead atoms. The van der Waals surface area contributed by atoms with Gasteiger partial charge in [-0.1, -0.05) is 20.8 Å². The van der Waals surface area contributed by atoms with Gasteiger partial charge in [-0.3, -0.25) is 0 Å². The molecule has 114 valence electrons. The van der Waals surface area contributed by atoms with Gasteiger partial charge in [0.25, 0.3) is 0 Å². The Morgan fingerprint density at radius 1 is 1.14 bits per heavy atom. The average Bonchev–Trinajstić information content (AvgIpc) is 2.77. The van der Waals surface area contributed by atoms with Crippen LogP contribution in [0.2, 0.25) is 0 Å². The number of fused-ring (bicyclic) bond motifs is 1. The van der Waals surface area contributed by atoms with Gasteiger partial charge in [-0.05, 0) is 53.0 Å². The van der Waals surface area contributed by atoms with E-state index in [1.54, 1.807) is 0 Å². The Hall–Kier alpha value is -1.78. The molecule has 21 heavy (non-hydrogen) atoms. The Balaban J connectivity index is 1.87. The molecule has 2 heterocycles. The Morgan fingerprint density at radius 2 is 1.90 bits per heavy atom. The molecular weight excluding hydrogens is 264 g/mol. The van der Waals surface area contributed by atoms with E-state index in [1.165, 1.54) is 19.3 Å². The lowest BCUT2D eigenvalue weighted by atomic mass is 9.77. The normalized spacial score (nSPS) is 20.7. The highest BCUT2D eigenvalue weighted by atomic mass is 16.6. The predicted molar refractivity (Wildman–Crippen MR) is 85.2 cm³/mol. The van der Waals surface area contributed by atoms with Crippen LogP contribution in [0, 0.1) is 11.3 Å². The van der Waals surface area contributed by atoms with E-state index < -0.39 is 0 Å². The zero-order valence-electron chi connectivity index (χ0n) is 13.1. The van der Waals surface area contributed by atoms with Crippen molar-refractivity contribution in [3.8, 4) is 0 Å². The van der Waals surface area contributed by atoms with Crippen molar-refractivity contribution >= 4 is 22.4 Å². The first-order valence-electron chi connectivity index (χ1n) is 7.72. The summed E-state index contributed by atoms with van der Waals surface area (Å²) in [5.74, 6) is 0.766. The fourth-order valence-electron chi connectivity index (χ4n) is 3.33. The first-order chi connectivity index (χ1) is 9.97. The van der Waals surface area contributed by atoms with Crippen molar-refractivity contribution in [2.75, 3.05) is 23.7 Å². The van der Waals surface area contributed by atoms with Gasteiger partial charge in [-0.2, -0.15) is 0 Å². The number of hydrogen-bond acceptors (Lipinski definition) is 5. The molecule has 5 heteroatoms. The molecule has 2 aromatic rings. The molecule has 1 aliphatic rings. The molecule has 1 saturated heterocycles. The monoisotopic (exact) mass is 288 g/mol. The van der Waals surface area contributed by atoms with Crippen LogP contribution in [0.5, 0.6) is 0 Å². The van der Waals surface area contributed by atoms with Crippen molar-refractivity contribution in [1.29, 1.82) is 0 Å². The molecule has 0 spiro atoms. The SMILES string of the molecule is CC(C)(C)C1CCCN(c2ccc(N)c3nonc23)CC1. The topological polar surface area (TPSA) is 68.2 Å². The van der Waals surface area contributed by atoms with Crippen LogP contribution < -0.4 is 10.6 Å². The molecule has 0 saturated carbocycles. The molecular formula is C16H24N4O. The molecule has 3 rings (SSSR count). The first-order valence-corrected chi connectivity index (χ1v) is 7.72. The zero-order valence-corrected chi connectivity index (χ0v) is 13.1. The Bertz CT molecular complexity index is 629. The summed E-state index contributed by atoms with van der Waals surface area (Å²) in [6.07, 6.45) is 3.70. The maximum atomic E-state index is 5.93. The summed E-state index contributed by atoms with van der Waals surface area (Å²) < 4.78 is 4.88. The molecule has 1 unspecified atom stereocenters. The van der Waals surface area contributed by atoms with Crippen LogP contribution in [0.3, 0.4) is 0 Å². The molecule has 1 atom stereocenters. The lowest BCUT2D eigenvalue weighted by molar-refractivity contribution is 0.220. The second-order valence-corrected chi connectivity index (χ2v) is 7.12. The summed E-state index contributed by atoms with van der Waals surface area (Å²) in [4.78, 5) is 2.40. The van der Waals surface area contributed by atoms with E-state index in [0.29, 0.717) is 16.6 Å². The second kappa shape index (κ2) is 5.20. The predicted octanol–water partition coefficient (Wildman–Crippen LogP) is 3.46. The van der Waals surface area contributed by atoms with Crippen LogP contribution >= 0.6 is 0 Å². The van der Waals surface area contributed by atoms with Gasteiger partial charge in [0.2, 0.25) is 0 Å². The van der Waals surface area contributed by atoms with E-state index in [2.05, 4.69) is 36.0 Å². The van der Waals surface area contributed by atoms with Crippen LogP contribution in [-0.4, -0.2) is 23.4 Å². The van der Waals surface area contributed by atoms with Crippen molar-refractivity contribution in [2.24, 2.45) is 11.3 Å². The van der Waals surface area contributed by atoms with Crippen LogP contribution in [0.15, 0.2) is 16.8 Å². The highest BCUT2D eigenvalue weighted by molar-refractivity contribution is 5.95. The number of nitrogen functional groups attached to an aromatic ring is 1. The molecule has 2 N–H and O–H groups in total. The number of benzene rings is 1. The number of aromatic nitrogens is 2. The minimum absolute atomic E-state index is 0.377. The maximum absolute atomic E-state index is 5.93. The van der Waals surface area contributed by atoms with E-state index in [0.717, 1.165) is 30.2 Å². The van der Waals surface area contributed by atoms with Gasteiger partial charge in [-0.15, -0.1) is 0 Å². The van der Waals surface area contributed by atoms with Crippen molar-refractivity contribution in [3.63, 3.8) is 0 Å². The van der Waals surface area contributed by atoms with E-state index in [9.17, 15) is 0 Å². The Labute approximate surface area is 125 Å². The van der Waals surface area contributed by atoms with Crippen molar-refractivity contribution < 1.29 is 4.63 Å². The number of hydrogen-bond donors (Lipinski definition) is 1. The molecule has 0 amide bonds. The van der Waals surface area contributed by atoms with Gasteiger partial charge in [0.15, 0.2) is 11.0 Å². The van der Waals surface area contributed by atoms with Crippen molar-refractivity contribution in [1.82, 2.24) is 10.3 Å². The zero-order chi connectivity index (χ0) is 15.0. The standard InChI is InChI=1S/C16H24N4O/c1-16(2,3)11-5-4-9-20(10-8-11)13-7-6-12(17)14-15(13)19-21-18-14/h6-7,11H,4-5,8-10,17H2,1-3H3. The number of nitrogens with two attached hydrogens (primary N) is 1. The molecule has 1 fully saturated rings. The Morgan fingerprint density at radius 3 is 2.67 bits per heavy atom. The van der Waals surface area contributed by atoms with E-state index >= 15 is 0 Å². The fourth-order valence-corrected chi connectivity index (χ4v) is 3.33. The van der Waals surface area contributed by atoms with Crippen LogP contribution in [0.25, 0.3) is 11.0 Å². The molecule has 1 aromatic heterocycles. The van der Waals surface area contributed by atoms with Gasteiger partial charge in [0, 0.05) is 13.1 Å². The lowest BCUT2D eigenvalue weighted by Crippen LogP contribution is -2.26. The molecule has 0 aliphatic carbocycles. The lowest BCUT2D eigenvalue weighted by Gasteiger charge is -2.30. The molecule has 5 nitrogen and oxygen atoms in total. The van der Waals surface area contributed by atoms with Gasteiger partial charge in [0.05, 0.1) is 11.4 Å². The van der Waals surface area contributed by atoms with E-state index in [4.69, 9.17) is 10.4 Å². The van der Waals surface area contributed by atoms with Crippen molar-refractivity contribution in [2.45, 2.75) is 40.0 Å². The maximum Gasteiger partial charge on any atom is 0.160 e. The van der Waals surface area contributed by atoms with E-state index in [1.807, 2.05) is 12.1 Å². The highest BCUT2D eigenvalue weighted by Gasteiger charge is 2.28. The van der Waals surface area contributed by atoms with Crippen LogP contribution in [-0.2, 0) is 0 Å². The Kier molecular flexibility index (Phi) is 3.51. The third-order valence-electron chi connectivity index (χ3n) is 4.72. The summed E-state index contributed by atoms with van der Waals surface area (Å²) in [6.45, 7) is 9.13. The summed E-state index contributed by atoms with van der Waals surface area (Å²) >= 11 is 0. The molecule has 1 aromatic carbocycles. The van der Waals surface area contributed by atoms with Crippen LogP contribution in [0.1, 0.15) is 40.0 Å². The highest BCUT2D eigenvalue weighted by Crippen LogP contribution is 2.36. The number of rotatable bonds is 1. The van der Waals surface area contributed by atoms with Crippen LogP contribution in [0.4, 0.5) is 11.4 Å². The van der Waals surface area contributed by atoms with E-state index in [-0.39, 0.29) is 0 Å². The molecule has 0 radical (unpaired) electrons. The average molecular weight is 288 g/mol. The number of anilines is 2. The van der Waals surface area contributed by atoms with Crippen molar-refractivity contribution in [3.05, 3.63) is 12.1 Å². The minimum atomic E-state index is 0.377. The smallest absolute Gasteiger partial charge is 0.160 e. The minimum Gasteiger partial charge on any atom is -0.397 e. The quantitative estimate of drug-likeness (QED) is 0.814. The summed E-state index contributed by atoms with van der Waals surface area (Å²) in [7, 11) is 0. The summed E-state index contributed by atoms with van der Waals surface area (Å²) in [5.41, 5.74) is 9.47. The summed E-state index contributed by atoms with van der Waals surface area (Å²) in [6, 6.07) is 3.94. The second-order valence-electron chi connectivity index (χ2n) is 7.12. The van der Waals surface area contributed by atoms with Gasteiger partial charge < -0.3 is 10.6 Å². The molecule has 1 aliphatic heterocycles. The van der Waals surface area contributed by atoms with Gasteiger partial charge >= 0.3 is 0 Å². The third-order valence-corrected chi connectivity index (χ3v) is 4.72. The third kappa shape index (κ3) is 2.69. The summed E-state index contributed by atoms with van der Waals surface area (Å²) in [5, 5.41) is 7.96.